The van der Waals surface area contributed by atoms with Crippen LogP contribution in [0.25, 0.3) is 0 Å². The molecule has 1 N–H and O–H groups in total. The fourth-order valence-corrected chi connectivity index (χ4v) is 5.33. The van der Waals surface area contributed by atoms with Gasteiger partial charge in [-0.1, -0.05) is 6.42 Å². The van der Waals surface area contributed by atoms with Crippen LogP contribution >= 0.6 is 11.6 Å². The van der Waals surface area contributed by atoms with Crippen molar-refractivity contribution in [1.82, 2.24) is 15.1 Å². The number of hydrogen-bond acceptors (Lipinski definition) is 4. The predicted molar refractivity (Wildman–Crippen MR) is 98.0 cm³/mol. The number of carbonyl (C=O) groups excluding carboxylic acids is 2. The summed E-state index contributed by atoms with van der Waals surface area (Å²) in [5.74, 6) is 1.12. The van der Waals surface area contributed by atoms with E-state index in [0.29, 0.717) is 42.8 Å². The second-order valence-corrected chi connectivity index (χ2v) is 8.25. The first-order valence-corrected chi connectivity index (χ1v) is 9.95. The molecule has 1 aromatic heterocycles. The van der Waals surface area contributed by atoms with Crippen molar-refractivity contribution < 1.29 is 14.0 Å². The van der Waals surface area contributed by atoms with E-state index in [-0.39, 0.29) is 17.0 Å². The Labute approximate surface area is 158 Å². The van der Waals surface area contributed by atoms with E-state index in [2.05, 4.69) is 10.2 Å². The van der Waals surface area contributed by atoms with E-state index < -0.39 is 0 Å². The minimum atomic E-state index is -0.0749. The van der Waals surface area contributed by atoms with E-state index in [0.717, 1.165) is 19.5 Å². The van der Waals surface area contributed by atoms with E-state index >= 15 is 0 Å². The number of nitrogens with zero attached hydrogens (tertiary/aromatic N) is 2. The molecule has 2 bridgehead atoms. The number of furan rings is 1. The Morgan fingerprint density at radius 1 is 1.27 bits per heavy atom. The van der Waals surface area contributed by atoms with Crippen molar-refractivity contribution in [3.63, 3.8) is 0 Å². The highest BCUT2D eigenvalue weighted by Gasteiger charge is 2.48. The Morgan fingerprint density at radius 2 is 2.08 bits per heavy atom. The summed E-state index contributed by atoms with van der Waals surface area (Å²) in [5.41, 5.74) is 0. The zero-order chi connectivity index (χ0) is 18.3. The zero-order valence-corrected chi connectivity index (χ0v) is 15.9. The molecule has 0 saturated carbocycles. The third-order valence-electron chi connectivity index (χ3n) is 6.25. The number of rotatable bonds is 3. The maximum absolute atomic E-state index is 12.9. The molecule has 7 heteroatoms. The van der Waals surface area contributed by atoms with Crippen LogP contribution in [0.2, 0.25) is 5.22 Å². The molecule has 2 amide bonds. The maximum atomic E-state index is 12.9. The van der Waals surface area contributed by atoms with Gasteiger partial charge in [0.1, 0.15) is 0 Å². The maximum Gasteiger partial charge on any atom is 0.289 e. The van der Waals surface area contributed by atoms with Crippen LogP contribution in [0.3, 0.4) is 0 Å². The summed E-state index contributed by atoms with van der Waals surface area (Å²) in [6.45, 7) is 4.82. The van der Waals surface area contributed by atoms with Gasteiger partial charge in [-0.25, -0.2) is 0 Å². The molecule has 3 aliphatic heterocycles. The van der Waals surface area contributed by atoms with Gasteiger partial charge < -0.3 is 14.6 Å². The molecule has 0 radical (unpaired) electrons. The Hall–Kier alpha value is -1.53. The molecule has 4 atom stereocenters. The van der Waals surface area contributed by atoms with Crippen molar-refractivity contribution in [1.29, 1.82) is 0 Å². The Bertz CT molecular complexity index is 691. The number of amides is 2. The van der Waals surface area contributed by atoms with Gasteiger partial charge in [0.15, 0.2) is 11.0 Å². The summed E-state index contributed by atoms with van der Waals surface area (Å²) in [4.78, 5) is 28.9. The van der Waals surface area contributed by atoms with Gasteiger partial charge in [-0.3, -0.25) is 14.5 Å². The van der Waals surface area contributed by atoms with Crippen molar-refractivity contribution in [2.75, 3.05) is 26.2 Å². The number of piperidine rings is 3. The fourth-order valence-electron chi connectivity index (χ4n) is 5.19. The quantitative estimate of drug-likeness (QED) is 0.875. The summed E-state index contributed by atoms with van der Waals surface area (Å²) in [6, 6.07) is 4.07. The molecule has 3 saturated heterocycles. The molecule has 0 aliphatic carbocycles. The van der Waals surface area contributed by atoms with Crippen molar-refractivity contribution >= 4 is 23.4 Å². The number of halogens is 1. The predicted octanol–water partition coefficient (Wildman–Crippen LogP) is 2.38. The monoisotopic (exact) mass is 379 g/mol. The van der Waals surface area contributed by atoms with E-state index in [9.17, 15) is 9.59 Å². The number of likely N-dealkylation sites (tertiary alicyclic amines) is 1. The van der Waals surface area contributed by atoms with E-state index in [4.69, 9.17) is 16.0 Å². The van der Waals surface area contributed by atoms with Crippen molar-refractivity contribution in [3.8, 4) is 0 Å². The van der Waals surface area contributed by atoms with Crippen LogP contribution < -0.4 is 5.32 Å². The lowest BCUT2D eigenvalue weighted by Gasteiger charge is -2.56. The molecule has 4 heterocycles. The molecule has 26 heavy (non-hydrogen) atoms. The van der Waals surface area contributed by atoms with Crippen LogP contribution in [-0.2, 0) is 4.79 Å². The summed E-state index contributed by atoms with van der Waals surface area (Å²) in [5, 5.41) is 3.25. The van der Waals surface area contributed by atoms with E-state index in [1.807, 2.05) is 4.90 Å². The van der Waals surface area contributed by atoms with Crippen LogP contribution in [0, 0.1) is 11.8 Å². The van der Waals surface area contributed by atoms with Crippen molar-refractivity contribution in [2.24, 2.45) is 11.8 Å². The Kier molecular flexibility index (Phi) is 4.97. The smallest absolute Gasteiger partial charge is 0.289 e. The normalized spacial score (nSPS) is 31.4. The van der Waals surface area contributed by atoms with Crippen molar-refractivity contribution in [3.05, 3.63) is 23.1 Å². The lowest BCUT2D eigenvalue weighted by atomic mass is 9.72. The summed E-state index contributed by atoms with van der Waals surface area (Å²) < 4.78 is 5.34. The number of hydrogen-bond donors (Lipinski definition) is 1. The van der Waals surface area contributed by atoms with Gasteiger partial charge in [0.25, 0.3) is 5.91 Å². The first-order chi connectivity index (χ1) is 12.5. The van der Waals surface area contributed by atoms with E-state index in [1.54, 1.807) is 19.1 Å². The summed E-state index contributed by atoms with van der Waals surface area (Å²) in [7, 11) is 0. The highest BCUT2D eigenvalue weighted by atomic mass is 35.5. The van der Waals surface area contributed by atoms with Crippen LogP contribution in [0.5, 0.6) is 0 Å². The highest BCUT2D eigenvalue weighted by molar-refractivity contribution is 6.29. The first kappa shape index (κ1) is 17.9. The molecule has 1 aromatic rings. The van der Waals surface area contributed by atoms with Gasteiger partial charge in [-0.05, 0) is 61.4 Å². The van der Waals surface area contributed by atoms with Gasteiger partial charge in [-0.15, -0.1) is 0 Å². The second kappa shape index (κ2) is 7.24. The minimum Gasteiger partial charge on any atom is -0.440 e. The summed E-state index contributed by atoms with van der Waals surface area (Å²) in [6.07, 6.45) is 4.79. The Balaban J connectivity index is 1.55. The fraction of sp³-hybridized carbons (Fsp3) is 0.684. The molecule has 0 spiro atoms. The molecule has 0 unspecified atom stereocenters. The topological polar surface area (TPSA) is 65.8 Å². The highest BCUT2D eigenvalue weighted by Crippen LogP contribution is 2.41. The lowest BCUT2D eigenvalue weighted by Crippen LogP contribution is -2.66. The van der Waals surface area contributed by atoms with Gasteiger partial charge >= 0.3 is 0 Å². The first-order valence-electron chi connectivity index (χ1n) is 9.57. The van der Waals surface area contributed by atoms with Crippen LogP contribution in [-0.4, -0.2) is 59.9 Å². The molecule has 0 aromatic carbocycles. The zero-order valence-electron chi connectivity index (χ0n) is 15.1. The molecule has 3 fully saturated rings. The van der Waals surface area contributed by atoms with Gasteiger partial charge in [0, 0.05) is 38.6 Å². The molecular weight excluding hydrogens is 354 g/mol. The molecule has 3 aliphatic rings. The third kappa shape index (κ3) is 3.37. The minimum absolute atomic E-state index is 0.00894. The number of fused-ring (bicyclic) bond motifs is 4. The number of carbonyl (C=O) groups is 2. The van der Waals surface area contributed by atoms with Crippen LogP contribution in [0.4, 0.5) is 0 Å². The lowest BCUT2D eigenvalue weighted by molar-refractivity contribution is -0.120. The standard InChI is InChI=1S/C19H26ClN3O3/c1-12(24)21-9-16-14-8-13(15-4-2-3-7-23(15)16)10-22(11-14)19(25)17-5-6-18(20)26-17/h5-6,13-16H,2-4,7-11H2,1H3,(H,21,24)/t13-,14+,15+,16+/m1/s1. The van der Waals surface area contributed by atoms with Gasteiger partial charge in [0.2, 0.25) is 5.91 Å². The van der Waals surface area contributed by atoms with Gasteiger partial charge in [0.05, 0.1) is 0 Å². The average Bonchev–Trinajstić information content (AvgIpc) is 3.07. The number of nitrogens with one attached hydrogen (secondary N) is 1. The van der Waals surface area contributed by atoms with E-state index in [1.165, 1.54) is 19.3 Å². The molecular formula is C19H26ClN3O3. The average molecular weight is 380 g/mol. The summed E-state index contributed by atoms with van der Waals surface area (Å²) >= 11 is 5.84. The van der Waals surface area contributed by atoms with Crippen molar-refractivity contribution in [2.45, 2.75) is 44.7 Å². The SMILES string of the molecule is CC(=O)NC[C@H]1[C@H]2C[C@H](CN(C(=O)c3ccc(Cl)o3)C2)[C@@H]2CCCCN21. The van der Waals surface area contributed by atoms with Gasteiger partial charge in [-0.2, -0.15) is 0 Å². The molecule has 142 valence electrons. The van der Waals surface area contributed by atoms with Crippen LogP contribution in [0.15, 0.2) is 16.5 Å². The third-order valence-corrected chi connectivity index (χ3v) is 6.46. The Morgan fingerprint density at radius 3 is 2.81 bits per heavy atom. The second-order valence-electron chi connectivity index (χ2n) is 7.88. The molecule has 4 rings (SSSR count). The molecule has 6 nitrogen and oxygen atoms in total. The van der Waals surface area contributed by atoms with Crippen LogP contribution in [0.1, 0.15) is 43.2 Å². The largest absolute Gasteiger partial charge is 0.440 e.